The van der Waals surface area contributed by atoms with Gasteiger partial charge in [-0.3, -0.25) is 0 Å². The number of benzene rings is 2. The molecule has 0 aliphatic heterocycles. The van der Waals surface area contributed by atoms with Gasteiger partial charge in [-0.25, -0.2) is 13.1 Å². The Morgan fingerprint density at radius 1 is 1.09 bits per heavy atom. The molecule has 0 spiro atoms. The Morgan fingerprint density at radius 2 is 1.74 bits per heavy atom. The molecule has 0 amide bonds. The van der Waals surface area contributed by atoms with Crippen molar-refractivity contribution in [2.24, 2.45) is 0 Å². The molecular formula is C23H25Cl3N2O5S. The van der Waals surface area contributed by atoms with E-state index in [2.05, 4.69) is 23.7 Å². The van der Waals surface area contributed by atoms with Crippen LogP contribution in [0.4, 0.5) is 0 Å². The third kappa shape index (κ3) is 6.79. The Morgan fingerprint density at radius 3 is 2.32 bits per heavy atom. The normalized spacial score (nSPS) is 12.1. The molecule has 0 saturated heterocycles. The van der Waals surface area contributed by atoms with Crippen molar-refractivity contribution in [1.82, 2.24) is 9.88 Å². The quantitative estimate of drug-likeness (QED) is 0.228. The first-order valence-electron chi connectivity index (χ1n) is 10.4. The average Bonchev–Trinajstić information content (AvgIpc) is 3.21. The lowest BCUT2D eigenvalue weighted by Crippen LogP contribution is -2.21. The molecule has 0 bridgehead atoms. The highest BCUT2D eigenvalue weighted by Crippen LogP contribution is 2.41. The molecule has 0 aliphatic rings. The second-order valence-corrected chi connectivity index (χ2v) is 11.1. The monoisotopic (exact) mass is 546 g/mol. The van der Waals surface area contributed by atoms with Crippen LogP contribution < -0.4 is 14.2 Å². The van der Waals surface area contributed by atoms with Gasteiger partial charge >= 0.3 is 0 Å². The largest absolute Gasteiger partial charge is 0.490 e. The molecular weight excluding hydrogens is 523 g/mol. The molecule has 2 aromatic carbocycles. The molecule has 3 rings (SSSR count). The van der Waals surface area contributed by atoms with Crippen LogP contribution in [0.25, 0.3) is 0 Å². The molecule has 0 saturated carbocycles. The summed E-state index contributed by atoms with van der Waals surface area (Å²) in [6.45, 7) is 4.50. The van der Waals surface area contributed by atoms with Crippen molar-refractivity contribution in [3.8, 4) is 17.2 Å². The molecule has 0 atom stereocenters. The molecule has 34 heavy (non-hydrogen) atoms. The maximum absolute atomic E-state index is 11.3. The number of ether oxygens (including phenoxy) is 2. The van der Waals surface area contributed by atoms with E-state index in [4.69, 9.17) is 48.8 Å². The van der Waals surface area contributed by atoms with Crippen LogP contribution in [0.3, 0.4) is 0 Å². The van der Waals surface area contributed by atoms with Crippen molar-refractivity contribution in [3.05, 3.63) is 69.5 Å². The molecule has 7 nitrogen and oxygen atoms in total. The summed E-state index contributed by atoms with van der Waals surface area (Å²) in [5, 5.41) is 4.56. The Bertz CT molecular complexity index is 1200. The molecule has 0 aliphatic carbocycles. The van der Waals surface area contributed by atoms with Gasteiger partial charge in [0, 0.05) is 11.3 Å². The number of nitrogens with one attached hydrogen (secondary N) is 1. The first-order chi connectivity index (χ1) is 16.0. The number of rotatable bonds is 11. The van der Waals surface area contributed by atoms with Gasteiger partial charge in [-0.05, 0) is 41.8 Å². The van der Waals surface area contributed by atoms with Crippen LogP contribution in [0.2, 0.25) is 10.0 Å². The van der Waals surface area contributed by atoms with E-state index in [-0.39, 0.29) is 12.3 Å². The molecule has 11 heteroatoms. The minimum Gasteiger partial charge on any atom is -0.490 e. The van der Waals surface area contributed by atoms with Crippen LogP contribution in [0, 0.1) is 0 Å². The molecule has 0 unspecified atom stereocenters. The van der Waals surface area contributed by atoms with Crippen LogP contribution in [-0.2, 0) is 22.0 Å². The van der Waals surface area contributed by atoms with Crippen molar-refractivity contribution < 1.29 is 22.4 Å². The maximum Gasteiger partial charge on any atom is 0.209 e. The van der Waals surface area contributed by atoms with Gasteiger partial charge in [0.1, 0.15) is 11.9 Å². The van der Waals surface area contributed by atoms with Crippen molar-refractivity contribution >= 4 is 44.8 Å². The van der Waals surface area contributed by atoms with Crippen LogP contribution in [0.1, 0.15) is 37.2 Å². The maximum atomic E-state index is 11.3. The molecule has 184 valence electrons. The van der Waals surface area contributed by atoms with Gasteiger partial charge in [0.2, 0.25) is 10.0 Å². The Labute approximate surface area is 214 Å². The Hall–Kier alpha value is -1.97. The van der Waals surface area contributed by atoms with E-state index in [9.17, 15) is 8.42 Å². The summed E-state index contributed by atoms with van der Waals surface area (Å²) in [6, 6.07) is 11.2. The second-order valence-electron chi connectivity index (χ2n) is 8.12. The summed E-state index contributed by atoms with van der Waals surface area (Å²) in [6.07, 6.45) is 3.14. The SMILES string of the molecule is CC(C)(c1ccc(Oc2cnoc2CNS(C)(=O)=O)cc1)c1cc(Cl)c(OCCCCl)c(Cl)c1. The summed E-state index contributed by atoms with van der Waals surface area (Å²) in [5.74, 6) is 2.09. The van der Waals surface area contributed by atoms with Crippen LogP contribution in [0.5, 0.6) is 17.2 Å². The zero-order chi connectivity index (χ0) is 24.9. The molecule has 1 N–H and O–H groups in total. The molecule has 1 heterocycles. The third-order valence-corrected chi connectivity index (χ3v) is 6.65. The van der Waals surface area contributed by atoms with Gasteiger partial charge in [0.15, 0.2) is 17.3 Å². The average molecular weight is 548 g/mol. The molecule has 0 radical (unpaired) electrons. The number of nitrogens with zero attached hydrogens (tertiary/aromatic N) is 1. The van der Waals surface area contributed by atoms with Crippen molar-refractivity contribution in [2.45, 2.75) is 32.2 Å². The summed E-state index contributed by atoms with van der Waals surface area (Å²) in [7, 11) is -3.38. The van der Waals surface area contributed by atoms with E-state index in [1.165, 1.54) is 6.20 Å². The third-order valence-electron chi connectivity index (χ3n) is 5.15. The van der Waals surface area contributed by atoms with Crippen LogP contribution in [-0.4, -0.2) is 32.3 Å². The standard InChI is InChI=1S/C23H25Cl3N2O5S/c1-23(2,16-11-18(25)22(19(26)12-16)31-10-4-9-24)15-5-7-17(8-6-15)32-20-13-27-33-21(20)14-28-34(3,29)30/h5-8,11-13,28H,4,9-10,14H2,1-3H3. The summed E-state index contributed by atoms with van der Waals surface area (Å²) < 4.78 is 41.6. The van der Waals surface area contributed by atoms with E-state index < -0.39 is 15.4 Å². The minimum atomic E-state index is -3.38. The lowest BCUT2D eigenvalue weighted by Gasteiger charge is -2.27. The Balaban J connectivity index is 1.76. The highest BCUT2D eigenvalue weighted by Gasteiger charge is 2.26. The first kappa shape index (κ1) is 26.6. The second kappa shape index (κ2) is 11.2. The molecule has 3 aromatic rings. The van der Waals surface area contributed by atoms with Crippen LogP contribution >= 0.6 is 34.8 Å². The molecule has 0 fully saturated rings. The van der Waals surface area contributed by atoms with Crippen molar-refractivity contribution in [3.63, 3.8) is 0 Å². The fraction of sp³-hybridized carbons (Fsp3) is 0.348. The van der Waals surface area contributed by atoms with E-state index >= 15 is 0 Å². The summed E-state index contributed by atoms with van der Waals surface area (Å²) in [4.78, 5) is 0. The predicted octanol–water partition coefficient (Wildman–Crippen LogP) is 6.16. The number of hydrogen-bond donors (Lipinski definition) is 1. The topological polar surface area (TPSA) is 90.7 Å². The van der Waals surface area contributed by atoms with E-state index in [1.54, 1.807) is 0 Å². The van der Waals surface area contributed by atoms with E-state index in [1.807, 2.05) is 36.4 Å². The smallest absolute Gasteiger partial charge is 0.209 e. The predicted molar refractivity (Wildman–Crippen MR) is 134 cm³/mol. The number of sulfonamides is 1. The fourth-order valence-corrected chi connectivity index (χ4v) is 4.27. The zero-order valence-electron chi connectivity index (χ0n) is 18.9. The number of halogens is 3. The van der Waals surface area contributed by atoms with Gasteiger partial charge in [0.05, 0.1) is 29.5 Å². The van der Waals surface area contributed by atoms with Crippen LogP contribution in [0.15, 0.2) is 47.1 Å². The fourth-order valence-electron chi connectivity index (χ4n) is 3.17. The van der Waals surface area contributed by atoms with Gasteiger partial charge in [0.25, 0.3) is 0 Å². The van der Waals surface area contributed by atoms with Gasteiger partial charge in [-0.2, -0.15) is 0 Å². The lowest BCUT2D eigenvalue weighted by atomic mass is 9.78. The summed E-state index contributed by atoms with van der Waals surface area (Å²) in [5.41, 5.74) is 1.52. The zero-order valence-corrected chi connectivity index (χ0v) is 22.0. The number of aromatic nitrogens is 1. The lowest BCUT2D eigenvalue weighted by molar-refractivity contribution is 0.318. The van der Waals surface area contributed by atoms with Crippen molar-refractivity contribution in [1.29, 1.82) is 0 Å². The number of hydrogen-bond acceptors (Lipinski definition) is 6. The Kier molecular flexibility index (Phi) is 8.76. The van der Waals surface area contributed by atoms with E-state index in [0.29, 0.717) is 46.2 Å². The van der Waals surface area contributed by atoms with E-state index in [0.717, 1.165) is 17.4 Å². The van der Waals surface area contributed by atoms with Gasteiger partial charge in [-0.1, -0.05) is 54.3 Å². The first-order valence-corrected chi connectivity index (χ1v) is 13.5. The minimum absolute atomic E-state index is 0.0631. The van der Waals surface area contributed by atoms with Crippen molar-refractivity contribution in [2.75, 3.05) is 18.7 Å². The summed E-state index contributed by atoms with van der Waals surface area (Å²) >= 11 is 18.6. The van der Waals surface area contributed by atoms with Gasteiger partial charge in [-0.15, -0.1) is 11.6 Å². The highest BCUT2D eigenvalue weighted by molar-refractivity contribution is 7.88. The number of alkyl halides is 1. The molecule has 1 aromatic heterocycles. The highest BCUT2D eigenvalue weighted by atomic mass is 35.5. The van der Waals surface area contributed by atoms with Gasteiger partial charge < -0.3 is 14.0 Å².